The minimum absolute atomic E-state index is 0.0495. The number of carboxylic acids is 1. The lowest BCUT2D eigenvalue weighted by molar-refractivity contribution is -0.141. The number of hydrogen-bond acceptors (Lipinski definition) is 2. The molecule has 102 valence electrons. The molecule has 0 saturated heterocycles. The van der Waals surface area contributed by atoms with Gasteiger partial charge in [-0.2, -0.15) is 0 Å². The molecule has 0 bridgehead atoms. The third kappa shape index (κ3) is 5.38. The fraction of sp³-hybridized carbons (Fsp3) is 0.333. The topological polar surface area (TPSA) is 66.4 Å². The Morgan fingerprint density at radius 2 is 2.00 bits per heavy atom. The first-order chi connectivity index (χ1) is 9.02. The fourth-order valence-electron chi connectivity index (χ4n) is 1.62. The number of carbonyl (C=O) groups is 2. The van der Waals surface area contributed by atoms with Gasteiger partial charge < -0.3 is 10.4 Å². The number of carbonyl (C=O) groups excluding carboxylic acids is 1. The Labute approximate surface area is 113 Å². The molecule has 0 saturated carbocycles. The van der Waals surface area contributed by atoms with Crippen LogP contribution in [0.3, 0.4) is 0 Å². The summed E-state index contributed by atoms with van der Waals surface area (Å²) in [6.45, 7) is 5.24. The predicted octanol–water partition coefficient (Wildman–Crippen LogP) is 2.85. The average Bonchev–Trinajstić information content (AvgIpc) is 2.38. The molecule has 0 aliphatic rings. The van der Waals surface area contributed by atoms with Gasteiger partial charge in [-0.1, -0.05) is 25.1 Å². The summed E-state index contributed by atoms with van der Waals surface area (Å²) < 4.78 is 0. The van der Waals surface area contributed by atoms with E-state index in [1.165, 1.54) is 0 Å². The van der Waals surface area contributed by atoms with E-state index >= 15 is 0 Å². The molecule has 0 heterocycles. The van der Waals surface area contributed by atoms with Gasteiger partial charge in [0.2, 0.25) is 5.91 Å². The van der Waals surface area contributed by atoms with Gasteiger partial charge >= 0.3 is 5.97 Å². The maximum absolute atomic E-state index is 11.5. The quantitative estimate of drug-likeness (QED) is 0.742. The predicted molar refractivity (Wildman–Crippen MR) is 75.0 cm³/mol. The van der Waals surface area contributed by atoms with E-state index in [0.717, 1.165) is 11.3 Å². The van der Waals surface area contributed by atoms with Crippen molar-refractivity contribution in [1.82, 2.24) is 0 Å². The highest BCUT2D eigenvalue weighted by atomic mass is 16.4. The van der Waals surface area contributed by atoms with Crippen LogP contribution in [-0.2, 0) is 16.0 Å². The zero-order valence-electron chi connectivity index (χ0n) is 11.1. The molecule has 0 aliphatic heterocycles. The van der Waals surface area contributed by atoms with E-state index in [0.29, 0.717) is 19.3 Å². The van der Waals surface area contributed by atoms with Crippen molar-refractivity contribution in [2.24, 2.45) is 5.92 Å². The van der Waals surface area contributed by atoms with Crippen molar-refractivity contribution >= 4 is 17.6 Å². The van der Waals surface area contributed by atoms with Crippen LogP contribution in [0.15, 0.2) is 36.9 Å². The second-order valence-electron chi connectivity index (χ2n) is 4.52. The Kier molecular flexibility index (Phi) is 5.79. The highest BCUT2D eigenvalue weighted by molar-refractivity contribution is 5.90. The Balaban J connectivity index is 2.54. The van der Waals surface area contributed by atoms with E-state index in [9.17, 15) is 9.59 Å². The molecule has 0 spiro atoms. The molecule has 0 radical (unpaired) electrons. The first kappa shape index (κ1) is 15.0. The molecule has 19 heavy (non-hydrogen) atoms. The zero-order chi connectivity index (χ0) is 14.3. The molecule has 1 aromatic carbocycles. The average molecular weight is 261 g/mol. The number of rotatable bonds is 7. The van der Waals surface area contributed by atoms with E-state index in [2.05, 4.69) is 11.9 Å². The van der Waals surface area contributed by atoms with Crippen LogP contribution in [0, 0.1) is 5.92 Å². The van der Waals surface area contributed by atoms with Gasteiger partial charge in [0.25, 0.3) is 0 Å². The van der Waals surface area contributed by atoms with Crippen LogP contribution < -0.4 is 5.32 Å². The minimum Gasteiger partial charge on any atom is -0.481 e. The van der Waals surface area contributed by atoms with Crippen molar-refractivity contribution in [2.75, 3.05) is 5.32 Å². The van der Waals surface area contributed by atoms with Crippen molar-refractivity contribution in [1.29, 1.82) is 0 Å². The van der Waals surface area contributed by atoms with E-state index in [-0.39, 0.29) is 5.91 Å². The SMILES string of the molecule is C=CCCC(=O)Nc1ccc(CC(C)C(=O)O)cc1. The molecular formula is C15H19NO3. The largest absolute Gasteiger partial charge is 0.481 e. The van der Waals surface area contributed by atoms with E-state index in [1.54, 1.807) is 25.1 Å². The third-order valence-corrected chi connectivity index (χ3v) is 2.78. The number of carboxylic acid groups (broad SMARTS) is 1. The molecule has 1 unspecified atom stereocenters. The third-order valence-electron chi connectivity index (χ3n) is 2.78. The lowest BCUT2D eigenvalue weighted by Gasteiger charge is -2.08. The van der Waals surface area contributed by atoms with E-state index < -0.39 is 11.9 Å². The second-order valence-corrected chi connectivity index (χ2v) is 4.52. The van der Waals surface area contributed by atoms with Crippen LogP contribution in [0.1, 0.15) is 25.3 Å². The lowest BCUT2D eigenvalue weighted by atomic mass is 10.0. The van der Waals surface area contributed by atoms with Crippen LogP contribution in [-0.4, -0.2) is 17.0 Å². The van der Waals surface area contributed by atoms with Crippen LogP contribution in [0.25, 0.3) is 0 Å². The minimum atomic E-state index is -0.804. The molecule has 4 heteroatoms. The van der Waals surface area contributed by atoms with Gasteiger partial charge in [-0.3, -0.25) is 9.59 Å². The molecule has 1 atom stereocenters. The summed E-state index contributed by atoms with van der Waals surface area (Å²) in [5.74, 6) is -1.26. The Bertz CT molecular complexity index is 451. The molecule has 1 aromatic rings. The number of benzene rings is 1. The van der Waals surface area contributed by atoms with Crippen LogP contribution in [0.2, 0.25) is 0 Å². The zero-order valence-corrected chi connectivity index (χ0v) is 11.1. The molecule has 4 nitrogen and oxygen atoms in total. The van der Waals surface area contributed by atoms with Crippen LogP contribution in [0.4, 0.5) is 5.69 Å². The number of hydrogen-bond donors (Lipinski definition) is 2. The Hall–Kier alpha value is -2.10. The summed E-state index contributed by atoms with van der Waals surface area (Å²) >= 11 is 0. The molecule has 0 aliphatic carbocycles. The second kappa shape index (κ2) is 7.36. The number of allylic oxidation sites excluding steroid dienone is 1. The van der Waals surface area contributed by atoms with Crippen LogP contribution >= 0.6 is 0 Å². The molecule has 1 rings (SSSR count). The standard InChI is InChI=1S/C15H19NO3/c1-3-4-5-14(17)16-13-8-6-12(7-9-13)10-11(2)15(18)19/h3,6-9,11H,1,4-5,10H2,2H3,(H,16,17)(H,18,19). The van der Waals surface area contributed by atoms with Gasteiger partial charge in [-0.15, -0.1) is 6.58 Å². The summed E-state index contributed by atoms with van der Waals surface area (Å²) in [4.78, 5) is 22.2. The van der Waals surface area contributed by atoms with E-state index in [4.69, 9.17) is 5.11 Å². The van der Waals surface area contributed by atoms with Gasteiger partial charge in [0.15, 0.2) is 0 Å². The monoisotopic (exact) mass is 261 g/mol. The summed E-state index contributed by atoms with van der Waals surface area (Å²) in [7, 11) is 0. The van der Waals surface area contributed by atoms with Gasteiger partial charge in [-0.25, -0.2) is 0 Å². The number of amides is 1. The molecule has 0 fully saturated rings. The maximum Gasteiger partial charge on any atom is 0.306 e. The summed E-state index contributed by atoms with van der Waals surface area (Å²) in [5, 5.41) is 11.6. The van der Waals surface area contributed by atoms with Gasteiger partial charge in [0, 0.05) is 12.1 Å². The number of anilines is 1. The fourth-order valence-corrected chi connectivity index (χ4v) is 1.62. The van der Waals surface area contributed by atoms with Crippen LogP contribution in [0.5, 0.6) is 0 Å². The highest BCUT2D eigenvalue weighted by Crippen LogP contribution is 2.14. The summed E-state index contributed by atoms with van der Waals surface area (Å²) in [6.07, 6.45) is 3.26. The molecule has 1 amide bonds. The van der Waals surface area contributed by atoms with E-state index in [1.807, 2.05) is 12.1 Å². The highest BCUT2D eigenvalue weighted by Gasteiger charge is 2.11. The first-order valence-corrected chi connectivity index (χ1v) is 6.25. The number of aliphatic carboxylic acids is 1. The smallest absolute Gasteiger partial charge is 0.306 e. The van der Waals surface area contributed by atoms with Crippen molar-refractivity contribution in [2.45, 2.75) is 26.2 Å². The van der Waals surface area contributed by atoms with Gasteiger partial charge in [-0.05, 0) is 30.5 Å². The molecular weight excluding hydrogens is 242 g/mol. The maximum atomic E-state index is 11.5. The number of nitrogens with one attached hydrogen (secondary N) is 1. The first-order valence-electron chi connectivity index (χ1n) is 6.25. The van der Waals surface area contributed by atoms with Crippen molar-refractivity contribution in [3.63, 3.8) is 0 Å². The Morgan fingerprint density at radius 3 is 2.53 bits per heavy atom. The van der Waals surface area contributed by atoms with Gasteiger partial charge in [0.05, 0.1) is 5.92 Å². The van der Waals surface area contributed by atoms with Crippen molar-refractivity contribution in [3.05, 3.63) is 42.5 Å². The normalized spacial score (nSPS) is 11.6. The molecule has 2 N–H and O–H groups in total. The van der Waals surface area contributed by atoms with Crippen molar-refractivity contribution in [3.8, 4) is 0 Å². The summed E-state index contributed by atoms with van der Waals surface area (Å²) in [6, 6.07) is 7.25. The van der Waals surface area contributed by atoms with Gasteiger partial charge in [0.1, 0.15) is 0 Å². The lowest BCUT2D eigenvalue weighted by Crippen LogP contribution is -2.13. The Morgan fingerprint density at radius 1 is 1.37 bits per heavy atom. The molecule has 0 aromatic heterocycles. The van der Waals surface area contributed by atoms with Crippen molar-refractivity contribution < 1.29 is 14.7 Å². The summed E-state index contributed by atoms with van der Waals surface area (Å²) in [5.41, 5.74) is 1.67.